The van der Waals surface area contributed by atoms with Crippen LogP contribution in [0.15, 0.2) is 78.2 Å². The van der Waals surface area contributed by atoms with Gasteiger partial charge < -0.3 is 4.90 Å². The van der Waals surface area contributed by atoms with Gasteiger partial charge in [0.25, 0.3) is 0 Å². The largest absolute Gasteiger partial charge is 0.416 e. The number of sulfone groups is 1. The fourth-order valence-corrected chi connectivity index (χ4v) is 5.96. The van der Waals surface area contributed by atoms with Gasteiger partial charge in [-0.25, -0.2) is 8.42 Å². The zero-order valence-electron chi connectivity index (χ0n) is 17.7. The monoisotopic (exact) mass is 502 g/mol. The summed E-state index contributed by atoms with van der Waals surface area (Å²) in [5.41, 5.74) is 2.44. The molecule has 0 aliphatic carbocycles. The van der Waals surface area contributed by atoms with E-state index in [-0.39, 0.29) is 15.5 Å². The molecule has 4 nitrogen and oxygen atoms in total. The van der Waals surface area contributed by atoms with Crippen molar-refractivity contribution >= 4 is 27.1 Å². The molecule has 0 N–H and O–H groups in total. The van der Waals surface area contributed by atoms with E-state index in [1.54, 1.807) is 17.0 Å². The maximum Gasteiger partial charge on any atom is 0.416 e. The van der Waals surface area contributed by atoms with Gasteiger partial charge in [-0.3, -0.25) is 0 Å². The Balaban J connectivity index is 1.65. The number of benzene rings is 3. The average Bonchev–Trinajstić information content (AvgIpc) is 3.21. The summed E-state index contributed by atoms with van der Waals surface area (Å²) < 4.78 is 65.3. The van der Waals surface area contributed by atoms with Gasteiger partial charge in [0, 0.05) is 12.2 Å². The molecule has 0 fully saturated rings. The number of nitriles is 1. The second kappa shape index (κ2) is 8.82. The van der Waals surface area contributed by atoms with Crippen LogP contribution in [-0.4, -0.2) is 20.3 Å². The minimum absolute atomic E-state index is 0.0174. The van der Waals surface area contributed by atoms with Gasteiger partial charge in [0.1, 0.15) is 6.07 Å². The number of hydrogen-bond donors (Lipinski definition) is 0. The van der Waals surface area contributed by atoms with Crippen LogP contribution in [0.3, 0.4) is 0 Å². The molecule has 1 heterocycles. The molecule has 1 atom stereocenters. The van der Waals surface area contributed by atoms with Crippen LogP contribution in [0.2, 0.25) is 5.02 Å². The molecule has 0 saturated heterocycles. The van der Waals surface area contributed by atoms with Crippen molar-refractivity contribution in [1.29, 1.82) is 5.26 Å². The van der Waals surface area contributed by atoms with Crippen molar-refractivity contribution < 1.29 is 21.6 Å². The lowest BCUT2D eigenvalue weighted by molar-refractivity contribution is -0.137. The lowest BCUT2D eigenvalue weighted by Gasteiger charge is -2.28. The molecule has 0 spiro atoms. The van der Waals surface area contributed by atoms with E-state index in [9.17, 15) is 21.6 Å². The third-order valence-corrected chi connectivity index (χ3v) is 8.08. The molecule has 1 aliphatic heterocycles. The van der Waals surface area contributed by atoms with Gasteiger partial charge in [-0.1, -0.05) is 42.5 Å². The first-order chi connectivity index (χ1) is 16.1. The van der Waals surface area contributed by atoms with Crippen LogP contribution in [0.5, 0.6) is 0 Å². The molecule has 0 aromatic heterocycles. The van der Waals surface area contributed by atoms with Crippen molar-refractivity contribution in [2.45, 2.75) is 22.9 Å². The smallest absolute Gasteiger partial charge is 0.351 e. The Morgan fingerprint density at radius 1 is 1.06 bits per heavy atom. The molecule has 0 radical (unpaired) electrons. The molecule has 1 aliphatic rings. The van der Waals surface area contributed by atoms with Crippen molar-refractivity contribution in [2.24, 2.45) is 0 Å². The third kappa shape index (κ3) is 4.29. The van der Waals surface area contributed by atoms with E-state index in [1.165, 1.54) is 36.4 Å². The fraction of sp³-hybridized carbons (Fsp3) is 0.160. The Labute approximate surface area is 200 Å². The lowest BCUT2D eigenvalue weighted by Crippen LogP contribution is -2.38. The lowest BCUT2D eigenvalue weighted by atomic mass is 10.0. The molecular formula is C25H18ClF3N2O2S. The van der Waals surface area contributed by atoms with E-state index in [4.69, 9.17) is 16.9 Å². The second-order valence-corrected chi connectivity index (χ2v) is 10.2. The highest BCUT2D eigenvalue weighted by Gasteiger charge is 2.35. The second-order valence-electron chi connectivity index (χ2n) is 7.79. The van der Waals surface area contributed by atoms with E-state index >= 15 is 0 Å². The van der Waals surface area contributed by atoms with Crippen LogP contribution in [0.25, 0.3) is 11.1 Å². The number of alkyl halides is 3. The van der Waals surface area contributed by atoms with Crippen LogP contribution in [0, 0.1) is 11.3 Å². The van der Waals surface area contributed by atoms with Gasteiger partial charge in [-0.15, -0.1) is 0 Å². The van der Waals surface area contributed by atoms with Crippen LogP contribution in [0.1, 0.15) is 16.7 Å². The van der Waals surface area contributed by atoms with Crippen molar-refractivity contribution in [3.8, 4) is 17.2 Å². The molecular weight excluding hydrogens is 485 g/mol. The van der Waals surface area contributed by atoms with Gasteiger partial charge in [-0.2, -0.15) is 18.4 Å². The van der Waals surface area contributed by atoms with E-state index in [1.807, 2.05) is 12.1 Å². The topological polar surface area (TPSA) is 61.2 Å². The summed E-state index contributed by atoms with van der Waals surface area (Å²) >= 11 is 6.05. The standard InChI is InChI=1S/C25H18ClF3N2O2S/c1-2-24(34(32,33)21-9-5-19(15-30)22(26)14-21)31-12-11-18-13-17(6-10-23(18)31)16-3-7-20(8-4-16)25(27,28)29/h2-10,13-14,24H,1,11-12H2. The zero-order chi connectivity index (χ0) is 24.7. The number of fused-ring (bicyclic) bond motifs is 1. The summed E-state index contributed by atoms with van der Waals surface area (Å²) in [6.07, 6.45) is -2.49. The van der Waals surface area contributed by atoms with Crippen molar-refractivity contribution in [3.63, 3.8) is 0 Å². The highest BCUT2D eigenvalue weighted by Crippen LogP contribution is 2.37. The number of rotatable bonds is 5. The van der Waals surface area contributed by atoms with Gasteiger partial charge in [0.2, 0.25) is 9.84 Å². The van der Waals surface area contributed by atoms with Crippen LogP contribution in [0.4, 0.5) is 18.9 Å². The van der Waals surface area contributed by atoms with E-state index in [0.29, 0.717) is 24.2 Å². The van der Waals surface area contributed by atoms with E-state index < -0.39 is 27.0 Å². The van der Waals surface area contributed by atoms with Gasteiger partial charge in [0.05, 0.1) is 21.0 Å². The van der Waals surface area contributed by atoms with Gasteiger partial charge >= 0.3 is 6.18 Å². The summed E-state index contributed by atoms with van der Waals surface area (Å²) in [5, 5.41) is 8.03. The first-order valence-corrected chi connectivity index (χ1v) is 12.1. The molecule has 1 unspecified atom stereocenters. The maximum absolute atomic E-state index is 13.4. The quantitative estimate of drug-likeness (QED) is 0.387. The SMILES string of the molecule is C=CC(N1CCc2cc(-c3ccc(C(F)(F)F)cc3)ccc21)S(=O)(=O)c1ccc(C#N)c(Cl)c1. The van der Waals surface area contributed by atoms with E-state index in [0.717, 1.165) is 23.3 Å². The van der Waals surface area contributed by atoms with Crippen molar-refractivity contribution in [2.75, 3.05) is 11.4 Å². The van der Waals surface area contributed by atoms with Crippen LogP contribution < -0.4 is 4.90 Å². The zero-order valence-corrected chi connectivity index (χ0v) is 19.3. The van der Waals surface area contributed by atoms with Crippen LogP contribution >= 0.6 is 11.6 Å². The summed E-state index contributed by atoms with van der Waals surface area (Å²) in [5.74, 6) is 0. The molecule has 4 rings (SSSR count). The predicted octanol–water partition coefficient (Wildman–Crippen LogP) is 6.25. The predicted molar refractivity (Wildman–Crippen MR) is 125 cm³/mol. The Kier molecular flexibility index (Phi) is 6.19. The Morgan fingerprint density at radius 2 is 1.74 bits per heavy atom. The molecule has 34 heavy (non-hydrogen) atoms. The Hall–Kier alpha value is -3.28. The van der Waals surface area contributed by atoms with E-state index in [2.05, 4.69) is 6.58 Å². The van der Waals surface area contributed by atoms with Crippen molar-refractivity contribution in [1.82, 2.24) is 0 Å². The average molecular weight is 503 g/mol. The highest BCUT2D eigenvalue weighted by atomic mass is 35.5. The summed E-state index contributed by atoms with van der Waals surface area (Å²) in [7, 11) is -3.90. The number of nitrogens with zero attached hydrogens (tertiary/aromatic N) is 2. The molecule has 0 amide bonds. The maximum atomic E-state index is 13.4. The number of halogens is 4. The normalized spacial score (nSPS) is 14.4. The molecule has 3 aromatic rings. The third-order valence-electron chi connectivity index (χ3n) is 5.77. The van der Waals surface area contributed by atoms with Crippen molar-refractivity contribution in [3.05, 3.63) is 95.0 Å². The van der Waals surface area contributed by atoms with Crippen LogP contribution in [-0.2, 0) is 22.4 Å². The van der Waals surface area contributed by atoms with Gasteiger partial charge in [0.15, 0.2) is 5.37 Å². The number of anilines is 1. The first-order valence-electron chi connectivity index (χ1n) is 10.2. The highest BCUT2D eigenvalue weighted by molar-refractivity contribution is 7.92. The summed E-state index contributed by atoms with van der Waals surface area (Å²) in [4.78, 5) is 1.71. The Bertz CT molecular complexity index is 1410. The fourth-order valence-electron chi connectivity index (χ4n) is 4.05. The molecule has 174 valence electrons. The summed E-state index contributed by atoms with van der Waals surface area (Å²) in [6, 6.07) is 16.2. The molecule has 0 bridgehead atoms. The molecule has 3 aromatic carbocycles. The Morgan fingerprint density at radius 3 is 2.32 bits per heavy atom. The molecule has 9 heteroatoms. The first kappa shape index (κ1) is 23.9. The minimum Gasteiger partial charge on any atom is -0.351 e. The number of hydrogen-bond acceptors (Lipinski definition) is 4. The van der Waals surface area contributed by atoms with Gasteiger partial charge in [-0.05, 0) is 65.6 Å². The summed E-state index contributed by atoms with van der Waals surface area (Å²) in [6.45, 7) is 4.14. The molecule has 0 saturated carbocycles. The minimum atomic E-state index is -4.40.